The van der Waals surface area contributed by atoms with Gasteiger partial charge in [0.2, 0.25) is 0 Å². The molecule has 0 fully saturated rings. The molecule has 0 radical (unpaired) electrons. The Balaban J connectivity index is 2.26. The van der Waals surface area contributed by atoms with Crippen molar-refractivity contribution in [3.63, 3.8) is 0 Å². The van der Waals surface area contributed by atoms with Crippen LogP contribution in [0.4, 0.5) is 4.39 Å². The van der Waals surface area contributed by atoms with Crippen LogP contribution in [-0.2, 0) is 0 Å². The SMILES string of the molecule is O/C=C\C(F)c1ccc(-c2ccncc2)s1. The fourth-order valence-electron chi connectivity index (χ4n) is 1.34. The molecule has 4 heteroatoms. The lowest BCUT2D eigenvalue weighted by atomic mass is 10.2. The molecular formula is C12H10FNOS. The Morgan fingerprint density at radius 1 is 1.25 bits per heavy atom. The van der Waals surface area contributed by atoms with Crippen LogP contribution in [0.1, 0.15) is 11.0 Å². The van der Waals surface area contributed by atoms with Crippen molar-refractivity contribution in [2.45, 2.75) is 6.17 Å². The summed E-state index contributed by atoms with van der Waals surface area (Å²) in [6, 6.07) is 7.35. The number of alkyl halides is 1. The van der Waals surface area contributed by atoms with Crippen LogP contribution >= 0.6 is 11.3 Å². The monoisotopic (exact) mass is 235 g/mol. The average Bonchev–Trinajstić information content (AvgIpc) is 2.80. The van der Waals surface area contributed by atoms with E-state index in [0.717, 1.165) is 22.8 Å². The highest BCUT2D eigenvalue weighted by Crippen LogP contribution is 2.32. The van der Waals surface area contributed by atoms with Gasteiger partial charge in [0.25, 0.3) is 0 Å². The summed E-state index contributed by atoms with van der Waals surface area (Å²) in [5.74, 6) is 0. The molecule has 0 aromatic carbocycles. The largest absolute Gasteiger partial charge is 0.516 e. The van der Waals surface area contributed by atoms with E-state index in [1.54, 1.807) is 18.5 Å². The van der Waals surface area contributed by atoms with Gasteiger partial charge in [0.15, 0.2) is 6.17 Å². The molecule has 0 amide bonds. The van der Waals surface area contributed by atoms with Crippen LogP contribution in [0.3, 0.4) is 0 Å². The highest BCUT2D eigenvalue weighted by atomic mass is 32.1. The molecule has 2 heterocycles. The lowest BCUT2D eigenvalue weighted by molar-refractivity contribution is 0.401. The smallest absolute Gasteiger partial charge is 0.156 e. The predicted octanol–water partition coefficient (Wildman–Crippen LogP) is 3.89. The van der Waals surface area contributed by atoms with Crippen LogP contribution in [0.5, 0.6) is 0 Å². The predicted molar refractivity (Wildman–Crippen MR) is 63.2 cm³/mol. The van der Waals surface area contributed by atoms with Crippen molar-refractivity contribution in [3.05, 3.63) is 53.9 Å². The molecular weight excluding hydrogens is 225 g/mol. The maximum Gasteiger partial charge on any atom is 0.156 e. The molecule has 0 saturated carbocycles. The van der Waals surface area contributed by atoms with Gasteiger partial charge in [0.05, 0.1) is 6.26 Å². The molecule has 0 aliphatic heterocycles. The van der Waals surface area contributed by atoms with Crippen molar-refractivity contribution in [3.8, 4) is 10.4 Å². The Bertz CT molecular complexity index is 481. The molecule has 0 spiro atoms. The first kappa shape index (κ1) is 10.8. The van der Waals surface area contributed by atoms with Crippen LogP contribution in [0.2, 0.25) is 0 Å². The summed E-state index contributed by atoms with van der Waals surface area (Å²) in [7, 11) is 0. The molecule has 0 aliphatic carbocycles. The Labute approximate surface area is 96.7 Å². The van der Waals surface area contributed by atoms with E-state index in [1.165, 1.54) is 11.3 Å². The van der Waals surface area contributed by atoms with Gasteiger partial charge in [0, 0.05) is 22.1 Å². The number of pyridine rings is 1. The summed E-state index contributed by atoms with van der Waals surface area (Å²) in [4.78, 5) is 5.50. The molecule has 16 heavy (non-hydrogen) atoms. The zero-order valence-corrected chi connectivity index (χ0v) is 9.19. The molecule has 82 valence electrons. The van der Waals surface area contributed by atoms with Gasteiger partial charge in [0.1, 0.15) is 0 Å². The Morgan fingerprint density at radius 2 is 2.00 bits per heavy atom. The number of aromatic nitrogens is 1. The maximum absolute atomic E-state index is 13.4. The highest BCUT2D eigenvalue weighted by Gasteiger charge is 2.10. The normalized spacial score (nSPS) is 13.1. The fourth-order valence-corrected chi connectivity index (χ4v) is 2.31. The first-order valence-electron chi connectivity index (χ1n) is 4.76. The van der Waals surface area contributed by atoms with Crippen molar-refractivity contribution < 1.29 is 9.50 Å². The second kappa shape index (κ2) is 4.90. The van der Waals surface area contributed by atoms with Gasteiger partial charge in [-0.3, -0.25) is 4.98 Å². The van der Waals surface area contributed by atoms with Crippen molar-refractivity contribution in [2.75, 3.05) is 0 Å². The van der Waals surface area contributed by atoms with Crippen LogP contribution in [0.25, 0.3) is 10.4 Å². The van der Waals surface area contributed by atoms with Crippen LogP contribution in [-0.4, -0.2) is 10.1 Å². The molecule has 0 aliphatic rings. The van der Waals surface area contributed by atoms with E-state index < -0.39 is 6.17 Å². The summed E-state index contributed by atoms with van der Waals surface area (Å²) in [5.41, 5.74) is 1.02. The first-order chi connectivity index (χ1) is 7.81. The van der Waals surface area contributed by atoms with Gasteiger partial charge in [-0.1, -0.05) is 0 Å². The first-order valence-corrected chi connectivity index (χ1v) is 5.58. The molecule has 1 N–H and O–H groups in total. The van der Waals surface area contributed by atoms with E-state index in [4.69, 9.17) is 5.11 Å². The molecule has 2 rings (SSSR count). The Hall–Kier alpha value is -1.68. The number of hydrogen-bond donors (Lipinski definition) is 1. The number of hydrogen-bond acceptors (Lipinski definition) is 3. The number of aliphatic hydroxyl groups is 1. The summed E-state index contributed by atoms with van der Waals surface area (Å²) in [5, 5.41) is 8.50. The zero-order valence-electron chi connectivity index (χ0n) is 8.38. The molecule has 2 nitrogen and oxygen atoms in total. The van der Waals surface area contributed by atoms with E-state index in [9.17, 15) is 4.39 Å². The second-order valence-corrected chi connectivity index (χ2v) is 4.30. The van der Waals surface area contributed by atoms with E-state index >= 15 is 0 Å². The lowest BCUT2D eigenvalue weighted by Crippen LogP contribution is -1.79. The van der Waals surface area contributed by atoms with Crippen molar-refractivity contribution in [2.24, 2.45) is 0 Å². The highest BCUT2D eigenvalue weighted by molar-refractivity contribution is 7.15. The minimum atomic E-state index is -1.24. The summed E-state index contributed by atoms with van der Waals surface area (Å²) >= 11 is 1.37. The van der Waals surface area contributed by atoms with Gasteiger partial charge in [-0.2, -0.15) is 0 Å². The minimum absolute atomic E-state index is 0.581. The molecule has 1 atom stereocenters. The van der Waals surface area contributed by atoms with Crippen LogP contribution < -0.4 is 0 Å². The van der Waals surface area contributed by atoms with E-state index in [0.29, 0.717) is 4.88 Å². The zero-order chi connectivity index (χ0) is 11.4. The fraction of sp³-hybridized carbons (Fsp3) is 0.0833. The molecule has 1 unspecified atom stereocenters. The third kappa shape index (κ3) is 2.28. The topological polar surface area (TPSA) is 33.1 Å². The number of rotatable bonds is 3. The van der Waals surface area contributed by atoms with E-state index in [1.807, 2.05) is 18.2 Å². The van der Waals surface area contributed by atoms with Gasteiger partial charge in [-0.25, -0.2) is 4.39 Å². The van der Waals surface area contributed by atoms with Crippen molar-refractivity contribution in [1.29, 1.82) is 0 Å². The van der Waals surface area contributed by atoms with Crippen LogP contribution in [0.15, 0.2) is 49.0 Å². The van der Waals surface area contributed by atoms with E-state index in [-0.39, 0.29) is 0 Å². The average molecular weight is 235 g/mol. The van der Waals surface area contributed by atoms with Crippen molar-refractivity contribution >= 4 is 11.3 Å². The van der Waals surface area contributed by atoms with Gasteiger partial charge in [-0.15, -0.1) is 11.3 Å². The van der Waals surface area contributed by atoms with Gasteiger partial charge in [-0.05, 0) is 35.9 Å². The third-order valence-electron chi connectivity index (χ3n) is 2.12. The summed E-state index contributed by atoms with van der Waals surface area (Å²) < 4.78 is 13.4. The summed E-state index contributed by atoms with van der Waals surface area (Å²) in [6.45, 7) is 0. The van der Waals surface area contributed by atoms with Gasteiger partial charge >= 0.3 is 0 Å². The van der Waals surface area contributed by atoms with Crippen molar-refractivity contribution in [1.82, 2.24) is 4.98 Å². The quantitative estimate of drug-likeness (QED) is 0.818. The lowest BCUT2D eigenvalue weighted by Gasteiger charge is -1.97. The third-order valence-corrected chi connectivity index (χ3v) is 3.31. The van der Waals surface area contributed by atoms with Gasteiger partial charge < -0.3 is 5.11 Å². The number of allylic oxidation sites excluding steroid dienone is 1. The molecule has 2 aromatic rings. The van der Waals surface area contributed by atoms with E-state index in [2.05, 4.69) is 4.98 Å². The molecule has 2 aromatic heterocycles. The molecule has 0 bridgehead atoms. The number of nitrogens with zero attached hydrogens (tertiary/aromatic N) is 1. The molecule has 0 saturated heterocycles. The Morgan fingerprint density at radius 3 is 2.69 bits per heavy atom. The summed E-state index contributed by atoms with van der Waals surface area (Å²) in [6.07, 6.45) is 4.01. The Kier molecular flexibility index (Phi) is 3.31. The standard InChI is InChI=1S/C12H10FNOS/c13-10(5-8-15)12-2-1-11(16-12)9-3-6-14-7-4-9/h1-8,10,15H/b8-5-. The second-order valence-electron chi connectivity index (χ2n) is 3.18. The minimum Gasteiger partial charge on any atom is -0.516 e. The van der Waals surface area contributed by atoms with Crippen LogP contribution in [0, 0.1) is 0 Å². The maximum atomic E-state index is 13.4. The number of halogens is 1. The number of aliphatic hydroxyl groups excluding tert-OH is 1. The number of thiophene rings is 1.